The minimum atomic E-state index is -0.0365. The minimum absolute atomic E-state index is 0.0365. The van der Waals surface area contributed by atoms with Crippen LogP contribution in [0.2, 0.25) is 5.02 Å². The quantitative estimate of drug-likeness (QED) is 0.479. The maximum absolute atomic E-state index is 13.1. The molecule has 1 aliphatic heterocycles. The first-order valence-electron chi connectivity index (χ1n) is 10.8. The molecule has 2 aliphatic rings. The van der Waals surface area contributed by atoms with Crippen molar-refractivity contribution in [1.82, 2.24) is 5.32 Å². The number of halogens is 1. The van der Waals surface area contributed by atoms with E-state index in [1.54, 1.807) is 0 Å². The Balaban J connectivity index is 1.41. The van der Waals surface area contributed by atoms with Gasteiger partial charge in [0, 0.05) is 17.5 Å². The van der Waals surface area contributed by atoms with Gasteiger partial charge in [0.05, 0.1) is 17.3 Å². The molecule has 0 radical (unpaired) electrons. The fraction of sp³-hybridized carbons (Fsp3) is 0.222. The molecular weight excluding hydrogens is 404 g/mol. The molecular formula is C27H25ClN2O. The summed E-state index contributed by atoms with van der Waals surface area (Å²) in [6.07, 6.45) is 6.38. The Morgan fingerprint density at radius 1 is 1.03 bits per heavy atom. The first-order chi connectivity index (χ1) is 15.2. The average Bonchev–Trinajstić information content (AvgIpc) is 3.29. The van der Waals surface area contributed by atoms with Gasteiger partial charge in [0.1, 0.15) is 0 Å². The summed E-state index contributed by atoms with van der Waals surface area (Å²) in [6, 6.07) is 24.4. The summed E-state index contributed by atoms with van der Waals surface area (Å²) in [6.45, 7) is 0.607. The van der Waals surface area contributed by atoms with Gasteiger partial charge in [0.25, 0.3) is 5.91 Å². The maximum atomic E-state index is 13.1. The zero-order valence-corrected chi connectivity index (χ0v) is 18.0. The molecule has 5 rings (SSSR count). The Kier molecular flexibility index (Phi) is 5.52. The molecule has 3 atom stereocenters. The summed E-state index contributed by atoms with van der Waals surface area (Å²) in [5.41, 5.74) is 5.23. The van der Waals surface area contributed by atoms with Crippen LogP contribution in [0, 0.1) is 5.92 Å². The van der Waals surface area contributed by atoms with Crippen LogP contribution in [-0.2, 0) is 6.42 Å². The number of anilines is 1. The van der Waals surface area contributed by atoms with E-state index in [-0.39, 0.29) is 11.9 Å². The number of fused-ring (bicyclic) bond motifs is 3. The number of hydrogen-bond acceptors (Lipinski definition) is 2. The molecule has 1 amide bonds. The fourth-order valence-electron chi connectivity index (χ4n) is 4.90. The molecule has 1 heterocycles. The second-order valence-corrected chi connectivity index (χ2v) is 8.73. The van der Waals surface area contributed by atoms with Crippen molar-refractivity contribution in [2.75, 3.05) is 11.9 Å². The van der Waals surface area contributed by atoms with Gasteiger partial charge in [-0.05, 0) is 53.6 Å². The number of benzene rings is 3. The van der Waals surface area contributed by atoms with E-state index >= 15 is 0 Å². The van der Waals surface area contributed by atoms with Crippen molar-refractivity contribution >= 4 is 23.2 Å². The molecule has 0 spiro atoms. The predicted octanol–water partition coefficient (Wildman–Crippen LogP) is 6.14. The lowest BCUT2D eigenvalue weighted by Crippen LogP contribution is -2.32. The van der Waals surface area contributed by atoms with Gasteiger partial charge in [-0.2, -0.15) is 0 Å². The number of amides is 1. The normalized spacial score (nSPS) is 21.1. The lowest BCUT2D eigenvalue weighted by molar-refractivity contribution is 0.0954. The highest BCUT2D eigenvalue weighted by molar-refractivity contribution is 6.30. The number of para-hydroxylation sites is 1. The van der Waals surface area contributed by atoms with Crippen molar-refractivity contribution in [1.29, 1.82) is 0 Å². The topological polar surface area (TPSA) is 41.1 Å². The van der Waals surface area contributed by atoms with E-state index in [0.717, 1.165) is 29.1 Å². The van der Waals surface area contributed by atoms with Gasteiger partial charge in [0.2, 0.25) is 0 Å². The van der Waals surface area contributed by atoms with Crippen molar-refractivity contribution in [3.05, 3.63) is 112 Å². The Hall–Kier alpha value is -3.04. The second kappa shape index (κ2) is 8.60. The molecule has 0 saturated heterocycles. The second-order valence-electron chi connectivity index (χ2n) is 8.29. The molecule has 31 heavy (non-hydrogen) atoms. The molecule has 1 aliphatic carbocycles. The molecule has 0 fully saturated rings. The van der Waals surface area contributed by atoms with E-state index in [9.17, 15) is 4.79 Å². The van der Waals surface area contributed by atoms with E-state index in [4.69, 9.17) is 11.6 Å². The van der Waals surface area contributed by atoms with E-state index in [2.05, 4.69) is 47.1 Å². The Morgan fingerprint density at radius 2 is 1.87 bits per heavy atom. The number of allylic oxidation sites excluding steroid dienone is 2. The summed E-state index contributed by atoms with van der Waals surface area (Å²) in [5.74, 6) is 0.685. The monoisotopic (exact) mass is 428 g/mol. The third kappa shape index (κ3) is 3.98. The van der Waals surface area contributed by atoms with E-state index in [0.29, 0.717) is 23.9 Å². The minimum Gasteiger partial charge on any atom is -0.377 e. The Morgan fingerprint density at radius 3 is 2.71 bits per heavy atom. The van der Waals surface area contributed by atoms with E-state index in [1.807, 2.05) is 48.5 Å². The van der Waals surface area contributed by atoms with Crippen LogP contribution in [0.15, 0.2) is 84.9 Å². The highest BCUT2D eigenvalue weighted by Gasteiger charge is 2.39. The smallest absolute Gasteiger partial charge is 0.253 e. The van der Waals surface area contributed by atoms with Crippen molar-refractivity contribution in [3.63, 3.8) is 0 Å². The predicted molar refractivity (Wildman–Crippen MR) is 127 cm³/mol. The summed E-state index contributed by atoms with van der Waals surface area (Å²) in [7, 11) is 0. The van der Waals surface area contributed by atoms with Gasteiger partial charge in [-0.25, -0.2) is 0 Å². The number of carbonyl (C=O) groups excluding carboxylic acids is 1. The van der Waals surface area contributed by atoms with Crippen molar-refractivity contribution in [3.8, 4) is 0 Å². The zero-order chi connectivity index (χ0) is 21.2. The van der Waals surface area contributed by atoms with Gasteiger partial charge < -0.3 is 10.6 Å². The molecule has 4 heteroatoms. The number of hydrogen-bond donors (Lipinski definition) is 2. The van der Waals surface area contributed by atoms with Crippen LogP contribution in [0.3, 0.4) is 0 Å². The largest absolute Gasteiger partial charge is 0.377 e. The van der Waals surface area contributed by atoms with Crippen LogP contribution in [0.1, 0.15) is 45.4 Å². The van der Waals surface area contributed by atoms with Gasteiger partial charge in [-0.1, -0.05) is 78.4 Å². The molecule has 3 nitrogen and oxygen atoms in total. The van der Waals surface area contributed by atoms with Crippen LogP contribution >= 0.6 is 11.6 Å². The number of carbonyl (C=O) groups is 1. The highest BCUT2D eigenvalue weighted by Crippen LogP contribution is 2.50. The summed E-state index contributed by atoms with van der Waals surface area (Å²) in [4.78, 5) is 13.1. The Bertz CT molecular complexity index is 1130. The molecule has 0 bridgehead atoms. The summed E-state index contributed by atoms with van der Waals surface area (Å²) < 4.78 is 0. The van der Waals surface area contributed by atoms with E-state index < -0.39 is 0 Å². The molecule has 156 valence electrons. The van der Waals surface area contributed by atoms with Crippen LogP contribution in [0.5, 0.6) is 0 Å². The summed E-state index contributed by atoms with van der Waals surface area (Å²) >= 11 is 6.29. The third-order valence-corrected chi connectivity index (χ3v) is 6.63. The average molecular weight is 429 g/mol. The Labute approximate surface area is 188 Å². The van der Waals surface area contributed by atoms with Gasteiger partial charge in [0.15, 0.2) is 0 Å². The maximum Gasteiger partial charge on any atom is 0.253 e. The first-order valence-corrected chi connectivity index (χ1v) is 11.2. The molecule has 3 aromatic carbocycles. The van der Waals surface area contributed by atoms with Crippen molar-refractivity contribution < 1.29 is 4.79 Å². The number of rotatable bonds is 5. The highest BCUT2D eigenvalue weighted by atomic mass is 35.5. The SMILES string of the molecule is O=C(NCCc1ccccc1)c1cccc2c1NC(c1cccc(Cl)c1)C1CC=CC21. The van der Waals surface area contributed by atoms with Crippen molar-refractivity contribution in [2.45, 2.75) is 24.8 Å². The zero-order valence-electron chi connectivity index (χ0n) is 17.2. The molecule has 3 unspecified atom stereocenters. The van der Waals surface area contributed by atoms with Gasteiger partial charge >= 0.3 is 0 Å². The lowest BCUT2D eigenvalue weighted by atomic mass is 9.76. The standard InChI is InChI=1S/C27H25ClN2O/c28-20-10-4-9-19(17-20)25-22-12-5-11-21(22)23-13-6-14-24(26(23)30-25)27(31)29-16-15-18-7-2-1-3-8-18/h1-11,13-14,17,21-22,25,30H,12,15-16H2,(H,29,31). The lowest BCUT2D eigenvalue weighted by Gasteiger charge is -2.38. The van der Waals surface area contributed by atoms with Crippen LogP contribution in [0.25, 0.3) is 0 Å². The van der Waals surface area contributed by atoms with Gasteiger partial charge in [-0.3, -0.25) is 4.79 Å². The molecule has 0 saturated carbocycles. The molecule has 0 aromatic heterocycles. The third-order valence-electron chi connectivity index (χ3n) is 6.39. The number of nitrogens with one attached hydrogen (secondary N) is 2. The molecule has 3 aromatic rings. The van der Waals surface area contributed by atoms with E-state index in [1.165, 1.54) is 11.1 Å². The first kappa shape index (κ1) is 19.9. The summed E-state index contributed by atoms with van der Waals surface area (Å²) in [5, 5.41) is 7.55. The van der Waals surface area contributed by atoms with Crippen LogP contribution in [-0.4, -0.2) is 12.5 Å². The van der Waals surface area contributed by atoms with Crippen LogP contribution in [0.4, 0.5) is 5.69 Å². The van der Waals surface area contributed by atoms with Crippen LogP contribution < -0.4 is 10.6 Å². The molecule has 2 N–H and O–H groups in total. The van der Waals surface area contributed by atoms with Crippen molar-refractivity contribution in [2.24, 2.45) is 5.92 Å². The van der Waals surface area contributed by atoms with Gasteiger partial charge in [-0.15, -0.1) is 0 Å². The fourth-order valence-corrected chi connectivity index (χ4v) is 5.10.